The van der Waals surface area contributed by atoms with E-state index in [0.717, 1.165) is 5.56 Å². The molecule has 0 aromatic heterocycles. The van der Waals surface area contributed by atoms with E-state index in [2.05, 4.69) is 13.8 Å². The molecule has 160 valence electrons. The van der Waals surface area contributed by atoms with Crippen molar-refractivity contribution in [3.8, 4) is 5.75 Å². The summed E-state index contributed by atoms with van der Waals surface area (Å²) in [7, 11) is 0. The molecule has 0 bridgehead atoms. The number of hydrogen-bond acceptors (Lipinski definition) is 4. The highest BCUT2D eigenvalue weighted by molar-refractivity contribution is 5.94. The SMILES string of the molecule is CC(=O)c1ccc(N2CCN(C(=O)COc3ccc(C(C)C)c(C)c3)CC2)c(F)c1. The van der Waals surface area contributed by atoms with Crippen molar-refractivity contribution in [2.45, 2.75) is 33.6 Å². The largest absolute Gasteiger partial charge is 0.484 e. The van der Waals surface area contributed by atoms with Crippen molar-refractivity contribution in [3.05, 3.63) is 58.9 Å². The Morgan fingerprint density at radius 1 is 1.07 bits per heavy atom. The highest BCUT2D eigenvalue weighted by atomic mass is 19.1. The highest BCUT2D eigenvalue weighted by Gasteiger charge is 2.23. The summed E-state index contributed by atoms with van der Waals surface area (Å²) >= 11 is 0. The molecular weight excluding hydrogens is 383 g/mol. The Morgan fingerprint density at radius 3 is 2.33 bits per heavy atom. The second kappa shape index (κ2) is 9.28. The van der Waals surface area contributed by atoms with Crippen molar-refractivity contribution in [2.75, 3.05) is 37.7 Å². The zero-order valence-electron chi connectivity index (χ0n) is 18.1. The number of Topliss-reactive ketones (excluding diaryl/α,β-unsaturated/α-hetero) is 1. The predicted octanol–water partition coefficient (Wildman–Crippen LogP) is 4.19. The molecule has 2 aromatic carbocycles. The minimum atomic E-state index is -0.411. The third-order valence-corrected chi connectivity index (χ3v) is 5.55. The second-order valence-electron chi connectivity index (χ2n) is 8.05. The molecule has 1 aliphatic rings. The average Bonchev–Trinajstić information content (AvgIpc) is 2.71. The number of aryl methyl sites for hydroxylation is 1. The number of ketones is 1. The lowest BCUT2D eigenvalue weighted by Crippen LogP contribution is -2.50. The van der Waals surface area contributed by atoms with E-state index in [-0.39, 0.29) is 18.3 Å². The Morgan fingerprint density at radius 2 is 1.77 bits per heavy atom. The topological polar surface area (TPSA) is 49.9 Å². The molecule has 0 atom stereocenters. The fraction of sp³-hybridized carbons (Fsp3) is 0.417. The fourth-order valence-electron chi connectivity index (χ4n) is 3.80. The number of halogens is 1. The van der Waals surface area contributed by atoms with Gasteiger partial charge in [0.2, 0.25) is 0 Å². The first-order valence-electron chi connectivity index (χ1n) is 10.3. The predicted molar refractivity (Wildman–Crippen MR) is 116 cm³/mol. The van der Waals surface area contributed by atoms with Gasteiger partial charge in [-0.25, -0.2) is 4.39 Å². The summed E-state index contributed by atoms with van der Waals surface area (Å²) in [6, 6.07) is 10.5. The first-order valence-corrected chi connectivity index (χ1v) is 10.3. The lowest BCUT2D eigenvalue weighted by Gasteiger charge is -2.36. The van der Waals surface area contributed by atoms with Gasteiger partial charge in [0.1, 0.15) is 11.6 Å². The van der Waals surface area contributed by atoms with Gasteiger partial charge >= 0.3 is 0 Å². The third-order valence-electron chi connectivity index (χ3n) is 5.55. The monoisotopic (exact) mass is 412 g/mol. The Bertz CT molecular complexity index is 934. The zero-order chi connectivity index (χ0) is 21.8. The van der Waals surface area contributed by atoms with E-state index in [0.29, 0.717) is 49.1 Å². The molecule has 1 amide bonds. The molecule has 1 heterocycles. The maximum absolute atomic E-state index is 14.4. The van der Waals surface area contributed by atoms with Crippen LogP contribution in [0.5, 0.6) is 5.75 Å². The third kappa shape index (κ3) is 4.99. The van der Waals surface area contributed by atoms with E-state index in [1.54, 1.807) is 17.0 Å². The number of piperazine rings is 1. The number of carbonyl (C=O) groups excluding carboxylic acids is 2. The normalized spacial score (nSPS) is 14.2. The maximum atomic E-state index is 14.4. The molecule has 30 heavy (non-hydrogen) atoms. The van der Waals surface area contributed by atoms with Crippen LogP contribution >= 0.6 is 0 Å². The summed E-state index contributed by atoms with van der Waals surface area (Å²) in [6.07, 6.45) is 0. The van der Waals surface area contributed by atoms with Gasteiger partial charge in [-0.3, -0.25) is 9.59 Å². The van der Waals surface area contributed by atoms with Crippen LogP contribution in [0.15, 0.2) is 36.4 Å². The number of amides is 1. The van der Waals surface area contributed by atoms with Gasteiger partial charge in [-0.15, -0.1) is 0 Å². The molecule has 0 aliphatic carbocycles. The van der Waals surface area contributed by atoms with E-state index < -0.39 is 5.82 Å². The molecule has 1 fully saturated rings. The summed E-state index contributed by atoms with van der Waals surface area (Å²) < 4.78 is 20.1. The molecule has 2 aromatic rings. The molecule has 1 saturated heterocycles. The molecule has 0 N–H and O–H groups in total. The lowest BCUT2D eigenvalue weighted by atomic mass is 9.98. The van der Waals surface area contributed by atoms with Crippen LogP contribution in [-0.2, 0) is 4.79 Å². The fourth-order valence-corrected chi connectivity index (χ4v) is 3.80. The van der Waals surface area contributed by atoms with Gasteiger partial charge in [0.15, 0.2) is 12.4 Å². The highest BCUT2D eigenvalue weighted by Crippen LogP contribution is 2.24. The van der Waals surface area contributed by atoms with Crippen LogP contribution in [-0.4, -0.2) is 49.4 Å². The van der Waals surface area contributed by atoms with Crippen molar-refractivity contribution in [2.24, 2.45) is 0 Å². The van der Waals surface area contributed by atoms with Gasteiger partial charge in [0.25, 0.3) is 5.91 Å². The molecule has 0 spiro atoms. The summed E-state index contributed by atoms with van der Waals surface area (Å²) in [4.78, 5) is 27.6. The molecule has 3 rings (SSSR count). The van der Waals surface area contributed by atoms with Crippen LogP contribution in [0, 0.1) is 12.7 Å². The van der Waals surface area contributed by atoms with E-state index in [9.17, 15) is 14.0 Å². The summed E-state index contributed by atoms with van der Waals surface area (Å²) in [5.41, 5.74) is 3.25. The number of rotatable bonds is 6. The number of hydrogen-bond donors (Lipinski definition) is 0. The molecule has 5 nitrogen and oxygen atoms in total. The van der Waals surface area contributed by atoms with Crippen LogP contribution in [0.1, 0.15) is 48.2 Å². The van der Waals surface area contributed by atoms with Gasteiger partial charge in [-0.05, 0) is 61.2 Å². The molecule has 0 radical (unpaired) electrons. The molecule has 0 saturated carbocycles. The van der Waals surface area contributed by atoms with Crippen LogP contribution in [0.2, 0.25) is 0 Å². The van der Waals surface area contributed by atoms with Gasteiger partial charge in [-0.1, -0.05) is 19.9 Å². The first kappa shape index (κ1) is 21.8. The quantitative estimate of drug-likeness (QED) is 0.668. The standard InChI is InChI=1S/C24H29FN2O3/c1-16(2)21-7-6-20(13-17(21)3)30-15-24(29)27-11-9-26(10-12-27)23-8-5-19(18(4)28)14-22(23)25/h5-8,13-14,16H,9-12,15H2,1-4H3. The maximum Gasteiger partial charge on any atom is 0.260 e. The summed E-state index contributed by atoms with van der Waals surface area (Å²) in [6.45, 7) is 9.82. The van der Waals surface area contributed by atoms with Gasteiger partial charge in [0, 0.05) is 31.7 Å². The minimum Gasteiger partial charge on any atom is -0.484 e. The Labute approximate surface area is 177 Å². The molecule has 6 heteroatoms. The number of anilines is 1. The van der Waals surface area contributed by atoms with Crippen LogP contribution < -0.4 is 9.64 Å². The number of ether oxygens (including phenoxy) is 1. The minimum absolute atomic E-state index is 0.0118. The Kier molecular flexibility index (Phi) is 6.75. The van der Waals surface area contributed by atoms with E-state index >= 15 is 0 Å². The van der Waals surface area contributed by atoms with Crippen molar-refractivity contribution in [3.63, 3.8) is 0 Å². The Balaban J connectivity index is 1.53. The lowest BCUT2D eigenvalue weighted by molar-refractivity contribution is -0.133. The van der Waals surface area contributed by atoms with Crippen molar-refractivity contribution in [1.29, 1.82) is 0 Å². The summed E-state index contributed by atoms with van der Waals surface area (Å²) in [5.74, 6) is 0.487. The Hall–Kier alpha value is -2.89. The molecular formula is C24H29FN2O3. The van der Waals surface area contributed by atoms with Crippen molar-refractivity contribution < 1.29 is 18.7 Å². The van der Waals surface area contributed by atoms with Gasteiger partial charge < -0.3 is 14.5 Å². The zero-order valence-corrected chi connectivity index (χ0v) is 18.1. The van der Waals surface area contributed by atoms with Gasteiger partial charge in [0.05, 0.1) is 5.69 Å². The molecule has 0 unspecified atom stereocenters. The van der Waals surface area contributed by atoms with E-state index in [1.165, 1.54) is 18.6 Å². The van der Waals surface area contributed by atoms with Crippen LogP contribution in [0.3, 0.4) is 0 Å². The average molecular weight is 413 g/mol. The van der Waals surface area contributed by atoms with E-state index in [1.807, 2.05) is 30.0 Å². The molecule has 1 aliphatic heterocycles. The number of carbonyl (C=O) groups is 2. The van der Waals surface area contributed by atoms with Gasteiger partial charge in [-0.2, -0.15) is 0 Å². The second-order valence-corrected chi connectivity index (χ2v) is 8.05. The number of benzene rings is 2. The van der Waals surface area contributed by atoms with Crippen molar-refractivity contribution in [1.82, 2.24) is 4.90 Å². The number of nitrogens with zero attached hydrogens (tertiary/aromatic N) is 2. The summed E-state index contributed by atoms with van der Waals surface area (Å²) in [5, 5.41) is 0. The smallest absolute Gasteiger partial charge is 0.260 e. The van der Waals surface area contributed by atoms with Crippen LogP contribution in [0.4, 0.5) is 10.1 Å². The first-order chi connectivity index (χ1) is 14.3. The van der Waals surface area contributed by atoms with E-state index in [4.69, 9.17) is 4.74 Å². The van der Waals surface area contributed by atoms with Crippen LogP contribution in [0.25, 0.3) is 0 Å². The van der Waals surface area contributed by atoms with Crippen molar-refractivity contribution >= 4 is 17.4 Å².